The predicted octanol–water partition coefficient (Wildman–Crippen LogP) is 4.01. The van der Waals surface area contributed by atoms with Gasteiger partial charge in [-0.25, -0.2) is 8.42 Å². The molecular weight excluding hydrogens is 452 g/mol. The van der Waals surface area contributed by atoms with E-state index in [9.17, 15) is 13.2 Å². The van der Waals surface area contributed by atoms with E-state index < -0.39 is 15.9 Å². The summed E-state index contributed by atoms with van der Waals surface area (Å²) in [4.78, 5) is 12.8. The number of rotatable bonds is 10. The maximum atomic E-state index is 13.4. The lowest BCUT2D eigenvalue weighted by Crippen LogP contribution is -2.41. The van der Waals surface area contributed by atoms with Crippen molar-refractivity contribution in [1.29, 1.82) is 0 Å². The van der Waals surface area contributed by atoms with Gasteiger partial charge in [0, 0.05) is 0 Å². The van der Waals surface area contributed by atoms with E-state index in [1.807, 2.05) is 39.0 Å². The monoisotopic (exact) mass is 482 g/mol. The second kappa shape index (κ2) is 11.1. The number of sulfonamides is 1. The van der Waals surface area contributed by atoms with E-state index in [1.165, 1.54) is 19.2 Å². The maximum Gasteiger partial charge on any atom is 0.264 e. The zero-order chi connectivity index (χ0) is 24.7. The van der Waals surface area contributed by atoms with Crippen LogP contribution in [-0.2, 0) is 14.8 Å². The summed E-state index contributed by atoms with van der Waals surface area (Å²) >= 11 is 0. The number of nitrogens with zero attached hydrogens (tertiary/aromatic N) is 1. The summed E-state index contributed by atoms with van der Waals surface area (Å²) in [6, 6.07) is 18.9. The molecule has 3 rings (SSSR count). The summed E-state index contributed by atoms with van der Waals surface area (Å²) in [5.41, 5.74) is 3.47. The van der Waals surface area contributed by atoms with Crippen LogP contribution in [0.4, 0.5) is 5.69 Å². The SMILES string of the molecule is COc1ccc(N(CC(=O)NCCOc2ccc(C)cc2C)S(=O)(=O)c2ccc(C)cc2)cc1. The molecule has 0 heterocycles. The van der Waals surface area contributed by atoms with Crippen LogP contribution in [-0.4, -0.2) is 41.1 Å². The minimum Gasteiger partial charge on any atom is -0.497 e. The van der Waals surface area contributed by atoms with E-state index in [0.717, 1.165) is 26.7 Å². The highest BCUT2D eigenvalue weighted by Gasteiger charge is 2.27. The summed E-state index contributed by atoms with van der Waals surface area (Å²) < 4.78 is 38.8. The Labute approximate surface area is 201 Å². The average Bonchev–Trinajstić information content (AvgIpc) is 2.81. The quantitative estimate of drug-likeness (QED) is 0.442. The third-order valence-electron chi connectivity index (χ3n) is 5.27. The fourth-order valence-electron chi connectivity index (χ4n) is 3.40. The predicted molar refractivity (Wildman–Crippen MR) is 133 cm³/mol. The van der Waals surface area contributed by atoms with Crippen molar-refractivity contribution in [2.75, 3.05) is 31.1 Å². The molecule has 0 spiro atoms. The van der Waals surface area contributed by atoms with Gasteiger partial charge in [-0.15, -0.1) is 0 Å². The molecule has 0 aliphatic rings. The van der Waals surface area contributed by atoms with Gasteiger partial charge in [0.2, 0.25) is 5.91 Å². The first-order valence-corrected chi connectivity index (χ1v) is 12.3. The highest BCUT2D eigenvalue weighted by Crippen LogP contribution is 2.26. The van der Waals surface area contributed by atoms with E-state index in [1.54, 1.807) is 36.4 Å². The second-order valence-electron chi connectivity index (χ2n) is 7.99. The lowest BCUT2D eigenvalue weighted by Gasteiger charge is -2.24. The maximum absolute atomic E-state index is 13.4. The minimum atomic E-state index is -3.97. The van der Waals surface area contributed by atoms with Crippen molar-refractivity contribution < 1.29 is 22.7 Å². The Morgan fingerprint density at radius 3 is 2.18 bits per heavy atom. The van der Waals surface area contributed by atoms with Gasteiger partial charge in [0.15, 0.2) is 0 Å². The molecule has 0 saturated heterocycles. The molecule has 7 nitrogen and oxygen atoms in total. The molecule has 180 valence electrons. The van der Waals surface area contributed by atoms with Crippen LogP contribution in [0.2, 0.25) is 0 Å². The largest absolute Gasteiger partial charge is 0.497 e. The van der Waals surface area contributed by atoms with Gasteiger partial charge in [0.25, 0.3) is 10.0 Å². The molecule has 0 aromatic heterocycles. The van der Waals surface area contributed by atoms with Gasteiger partial charge < -0.3 is 14.8 Å². The molecule has 0 unspecified atom stereocenters. The molecule has 0 atom stereocenters. The summed E-state index contributed by atoms with van der Waals surface area (Å²) in [6.07, 6.45) is 0. The molecule has 0 aliphatic heterocycles. The number of carbonyl (C=O) groups is 1. The molecule has 34 heavy (non-hydrogen) atoms. The van der Waals surface area contributed by atoms with Crippen LogP contribution in [0.25, 0.3) is 0 Å². The number of methoxy groups -OCH3 is 1. The molecule has 3 aromatic carbocycles. The third kappa shape index (κ3) is 6.29. The second-order valence-corrected chi connectivity index (χ2v) is 9.85. The van der Waals surface area contributed by atoms with E-state index in [-0.39, 0.29) is 24.6 Å². The molecule has 0 aliphatic carbocycles. The number of ether oxygens (including phenoxy) is 2. The Morgan fingerprint density at radius 1 is 0.912 bits per heavy atom. The van der Waals surface area contributed by atoms with Gasteiger partial charge >= 0.3 is 0 Å². The van der Waals surface area contributed by atoms with Gasteiger partial charge in [-0.3, -0.25) is 9.10 Å². The van der Waals surface area contributed by atoms with Gasteiger partial charge in [-0.2, -0.15) is 0 Å². The fraction of sp³-hybridized carbons (Fsp3) is 0.269. The van der Waals surface area contributed by atoms with Gasteiger partial charge in [-0.1, -0.05) is 35.4 Å². The normalized spacial score (nSPS) is 11.1. The molecule has 1 N–H and O–H groups in total. The van der Waals surface area contributed by atoms with Crippen molar-refractivity contribution in [3.63, 3.8) is 0 Å². The van der Waals surface area contributed by atoms with Crippen LogP contribution in [0.5, 0.6) is 11.5 Å². The Kier molecular flexibility index (Phi) is 8.17. The Hall–Kier alpha value is -3.52. The van der Waals surface area contributed by atoms with Crippen molar-refractivity contribution in [3.05, 3.63) is 83.4 Å². The third-order valence-corrected chi connectivity index (χ3v) is 7.06. The van der Waals surface area contributed by atoms with Crippen LogP contribution in [0.15, 0.2) is 71.6 Å². The molecule has 8 heteroatoms. The number of aryl methyl sites for hydroxylation is 3. The van der Waals surface area contributed by atoms with Gasteiger partial charge in [-0.05, 0) is 68.8 Å². The van der Waals surface area contributed by atoms with Crippen LogP contribution in [0, 0.1) is 20.8 Å². The first kappa shape index (κ1) is 25.1. The molecular formula is C26H30N2O5S. The molecule has 0 saturated carbocycles. The van der Waals surface area contributed by atoms with Crippen molar-refractivity contribution in [1.82, 2.24) is 5.32 Å². The van der Waals surface area contributed by atoms with Gasteiger partial charge in [0.05, 0.1) is 24.2 Å². The number of hydrogen-bond donors (Lipinski definition) is 1. The number of amides is 1. The van der Waals surface area contributed by atoms with Crippen LogP contribution >= 0.6 is 0 Å². The average molecular weight is 483 g/mol. The zero-order valence-electron chi connectivity index (χ0n) is 19.9. The van der Waals surface area contributed by atoms with Gasteiger partial charge in [0.1, 0.15) is 24.7 Å². The fourth-order valence-corrected chi connectivity index (χ4v) is 4.82. The van der Waals surface area contributed by atoms with Crippen molar-refractivity contribution in [2.24, 2.45) is 0 Å². The summed E-state index contributed by atoms with van der Waals surface area (Å²) in [5.74, 6) is 0.904. The smallest absolute Gasteiger partial charge is 0.264 e. The Bertz CT molecular complexity index is 1220. The summed E-state index contributed by atoms with van der Waals surface area (Å²) in [5, 5.41) is 2.74. The topological polar surface area (TPSA) is 84.9 Å². The number of carbonyl (C=O) groups excluding carboxylic acids is 1. The summed E-state index contributed by atoms with van der Waals surface area (Å²) in [7, 11) is -2.44. The molecule has 0 bridgehead atoms. The van der Waals surface area contributed by atoms with Crippen LogP contribution in [0.3, 0.4) is 0 Å². The van der Waals surface area contributed by atoms with Crippen molar-refractivity contribution in [2.45, 2.75) is 25.7 Å². The van der Waals surface area contributed by atoms with Crippen LogP contribution in [0.1, 0.15) is 16.7 Å². The van der Waals surface area contributed by atoms with Crippen molar-refractivity contribution in [3.8, 4) is 11.5 Å². The van der Waals surface area contributed by atoms with E-state index in [2.05, 4.69) is 5.32 Å². The standard InChI is InChI=1S/C26H30N2O5S/c1-19-5-12-24(13-6-19)34(30,31)28(22-8-10-23(32-4)11-9-22)18-26(29)27-15-16-33-25-14-7-20(2)17-21(25)3/h5-14,17H,15-16,18H2,1-4H3,(H,27,29). The molecule has 0 radical (unpaired) electrons. The minimum absolute atomic E-state index is 0.111. The van der Waals surface area contributed by atoms with Crippen LogP contribution < -0.4 is 19.1 Å². The Balaban J connectivity index is 1.71. The van der Waals surface area contributed by atoms with E-state index in [4.69, 9.17) is 9.47 Å². The van der Waals surface area contributed by atoms with Crippen molar-refractivity contribution >= 4 is 21.6 Å². The highest BCUT2D eigenvalue weighted by atomic mass is 32.2. The number of hydrogen-bond acceptors (Lipinski definition) is 5. The number of nitrogens with one attached hydrogen (secondary N) is 1. The van der Waals surface area contributed by atoms with E-state index in [0.29, 0.717) is 11.4 Å². The van der Waals surface area contributed by atoms with E-state index >= 15 is 0 Å². The molecule has 3 aromatic rings. The first-order chi connectivity index (χ1) is 16.2. The molecule has 1 amide bonds. The number of benzene rings is 3. The number of anilines is 1. The first-order valence-electron chi connectivity index (χ1n) is 10.9. The lowest BCUT2D eigenvalue weighted by atomic mass is 10.1. The molecule has 0 fully saturated rings. The highest BCUT2D eigenvalue weighted by molar-refractivity contribution is 7.92. The lowest BCUT2D eigenvalue weighted by molar-refractivity contribution is -0.119. The zero-order valence-corrected chi connectivity index (χ0v) is 20.7. The Morgan fingerprint density at radius 2 is 1.56 bits per heavy atom. The summed E-state index contributed by atoms with van der Waals surface area (Å²) in [6.45, 7) is 5.99.